The zero-order valence-corrected chi connectivity index (χ0v) is 20.0. The molecule has 0 saturated heterocycles. The summed E-state index contributed by atoms with van der Waals surface area (Å²) in [5.41, 5.74) is 1.20. The lowest BCUT2D eigenvalue weighted by Crippen LogP contribution is -2.21. The minimum atomic E-state index is -4.58. The predicted molar refractivity (Wildman–Crippen MR) is 124 cm³/mol. The van der Waals surface area contributed by atoms with Crippen LogP contribution in [0.1, 0.15) is 103 Å². The minimum Gasteiger partial charge on any atom is -0.426 e. The summed E-state index contributed by atoms with van der Waals surface area (Å²) in [7, 11) is -4.58. The third-order valence-electron chi connectivity index (χ3n) is 5.21. The highest BCUT2D eigenvalue weighted by atomic mass is 32.3. The van der Waals surface area contributed by atoms with Crippen molar-refractivity contribution in [2.24, 2.45) is 0 Å². The predicted octanol–water partition coefficient (Wildman–Crippen LogP) is 6.43. The molecule has 1 aromatic rings. The normalized spacial score (nSPS) is 12.6. The second-order valence-corrected chi connectivity index (χ2v) is 9.34. The first-order valence-electron chi connectivity index (χ1n) is 11.8. The number of aryl methyl sites for hydroxylation is 1. The Hall–Kier alpha value is -1.44. The van der Waals surface area contributed by atoms with Crippen LogP contribution in [0.4, 0.5) is 0 Å². The summed E-state index contributed by atoms with van der Waals surface area (Å²) in [5, 5.41) is 0. The quantitative estimate of drug-likeness (QED) is 0.118. The van der Waals surface area contributed by atoms with Crippen molar-refractivity contribution in [2.45, 2.75) is 110 Å². The van der Waals surface area contributed by atoms with E-state index in [2.05, 4.69) is 11.1 Å². The summed E-state index contributed by atoms with van der Waals surface area (Å²) in [6.07, 6.45) is 15.7. The number of benzene rings is 1. The molecule has 0 saturated carbocycles. The summed E-state index contributed by atoms with van der Waals surface area (Å²) >= 11 is 0. The van der Waals surface area contributed by atoms with E-state index in [1.54, 1.807) is 12.1 Å². The molecule has 1 rings (SSSR count). The van der Waals surface area contributed by atoms with Crippen LogP contribution in [-0.4, -0.2) is 25.0 Å². The van der Waals surface area contributed by atoms with Crippen LogP contribution in [0.2, 0.25) is 0 Å². The summed E-state index contributed by atoms with van der Waals surface area (Å²) in [4.78, 5) is 11.8. The molecular weight excluding hydrogens is 416 g/mol. The van der Waals surface area contributed by atoms with Crippen molar-refractivity contribution in [3.8, 4) is 5.75 Å². The smallest absolute Gasteiger partial charge is 0.397 e. The van der Waals surface area contributed by atoms with Gasteiger partial charge in [0.15, 0.2) is 0 Å². The molecule has 1 atom stereocenters. The van der Waals surface area contributed by atoms with Crippen LogP contribution in [0.25, 0.3) is 0 Å². The Morgan fingerprint density at radius 1 is 0.871 bits per heavy atom. The number of ether oxygens (including phenoxy) is 1. The van der Waals surface area contributed by atoms with Gasteiger partial charge in [0, 0.05) is 0 Å². The SMILES string of the molecule is CCCCCCCCCCCCCCc1ccc(OC(=O)CC(C)OS(=O)(=O)O)cc1. The summed E-state index contributed by atoms with van der Waals surface area (Å²) in [6, 6.07) is 7.36. The number of carbonyl (C=O) groups excluding carboxylic acids is 1. The van der Waals surface area contributed by atoms with Crippen LogP contribution in [0.3, 0.4) is 0 Å². The number of hydrogen-bond donors (Lipinski definition) is 1. The van der Waals surface area contributed by atoms with E-state index in [1.165, 1.54) is 83.1 Å². The van der Waals surface area contributed by atoms with Gasteiger partial charge in [0.05, 0.1) is 12.5 Å². The topological polar surface area (TPSA) is 89.9 Å². The lowest BCUT2D eigenvalue weighted by Gasteiger charge is -2.10. The monoisotopic (exact) mass is 456 g/mol. The Balaban J connectivity index is 2.10. The van der Waals surface area contributed by atoms with Crippen LogP contribution < -0.4 is 4.74 Å². The van der Waals surface area contributed by atoms with Crippen LogP contribution in [-0.2, 0) is 25.8 Å². The second-order valence-electron chi connectivity index (χ2n) is 8.30. The van der Waals surface area contributed by atoms with Gasteiger partial charge in [-0.25, -0.2) is 4.18 Å². The molecule has 0 aliphatic heterocycles. The Morgan fingerprint density at radius 3 is 1.84 bits per heavy atom. The van der Waals surface area contributed by atoms with Gasteiger partial charge >= 0.3 is 16.4 Å². The highest BCUT2D eigenvalue weighted by Gasteiger charge is 2.17. The molecule has 0 spiro atoms. The second kappa shape index (κ2) is 16.2. The van der Waals surface area contributed by atoms with Crippen molar-refractivity contribution in [2.75, 3.05) is 0 Å². The lowest BCUT2D eigenvalue weighted by atomic mass is 10.0. The number of unbranched alkanes of at least 4 members (excludes halogenated alkanes) is 11. The molecule has 0 aliphatic rings. The van der Waals surface area contributed by atoms with Crippen molar-refractivity contribution >= 4 is 16.4 Å². The average molecular weight is 457 g/mol. The molecule has 0 heterocycles. The molecule has 178 valence electrons. The van der Waals surface area contributed by atoms with Gasteiger partial charge in [-0.1, -0.05) is 89.7 Å². The lowest BCUT2D eigenvalue weighted by molar-refractivity contribution is -0.135. The van der Waals surface area contributed by atoms with Gasteiger partial charge in [0.25, 0.3) is 0 Å². The number of rotatable bonds is 18. The van der Waals surface area contributed by atoms with E-state index in [9.17, 15) is 13.2 Å². The van der Waals surface area contributed by atoms with Gasteiger partial charge in [-0.2, -0.15) is 8.42 Å². The van der Waals surface area contributed by atoms with Crippen LogP contribution >= 0.6 is 0 Å². The van der Waals surface area contributed by atoms with Crippen LogP contribution in [0.5, 0.6) is 5.75 Å². The maximum Gasteiger partial charge on any atom is 0.397 e. The van der Waals surface area contributed by atoms with Crippen LogP contribution in [0, 0.1) is 0 Å². The zero-order chi connectivity index (χ0) is 23.0. The van der Waals surface area contributed by atoms with Gasteiger partial charge in [-0.3, -0.25) is 9.35 Å². The first-order valence-corrected chi connectivity index (χ1v) is 13.1. The molecule has 7 heteroatoms. The average Bonchev–Trinajstić information content (AvgIpc) is 2.68. The summed E-state index contributed by atoms with van der Waals surface area (Å²) in [6.45, 7) is 3.62. The third-order valence-corrected chi connectivity index (χ3v) is 5.79. The highest BCUT2D eigenvalue weighted by Crippen LogP contribution is 2.17. The van der Waals surface area contributed by atoms with Gasteiger partial charge in [0.1, 0.15) is 5.75 Å². The number of esters is 1. The van der Waals surface area contributed by atoms with Crippen molar-refractivity contribution < 1.29 is 26.7 Å². The molecule has 0 fully saturated rings. The Morgan fingerprint density at radius 2 is 1.35 bits per heavy atom. The van der Waals surface area contributed by atoms with Gasteiger partial charge < -0.3 is 4.74 Å². The number of hydrogen-bond acceptors (Lipinski definition) is 5. The molecule has 1 aromatic carbocycles. The molecule has 31 heavy (non-hydrogen) atoms. The maximum absolute atomic E-state index is 11.8. The van der Waals surface area contributed by atoms with Crippen molar-refractivity contribution in [1.82, 2.24) is 0 Å². The minimum absolute atomic E-state index is 0.277. The van der Waals surface area contributed by atoms with E-state index < -0.39 is 22.5 Å². The van der Waals surface area contributed by atoms with Gasteiger partial charge in [-0.15, -0.1) is 0 Å². The molecule has 0 bridgehead atoms. The highest BCUT2D eigenvalue weighted by molar-refractivity contribution is 7.80. The fraction of sp³-hybridized carbons (Fsp3) is 0.708. The van der Waals surface area contributed by atoms with Crippen molar-refractivity contribution in [1.29, 1.82) is 0 Å². The Kier molecular flexibility index (Phi) is 14.4. The van der Waals surface area contributed by atoms with Crippen molar-refractivity contribution in [3.05, 3.63) is 29.8 Å². The zero-order valence-electron chi connectivity index (χ0n) is 19.2. The first kappa shape index (κ1) is 27.6. The third kappa shape index (κ3) is 15.9. The fourth-order valence-electron chi connectivity index (χ4n) is 3.54. The molecule has 1 unspecified atom stereocenters. The Labute approximate surface area is 188 Å². The van der Waals surface area contributed by atoms with Gasteiger partial charge in [-0.05, 0) is 37.5 Å². The molecular formula is C24H40O6S. The molecule has 1 N–H and O–H groups in total. The van der Waals surface area contributed by atoms with Crippen LogP contribution in [0.15, 0.2) is 24.3 Å². The molecule has 0 amide bonds. The fourth-order valence-corrected chi connectivity index (χ4v) is 4.03. The number of carbonyl (C=O) groups is 1. The van der Waals surface area contributed by atoms with E-state index >= 15 is 0 Å². The van der Waals surface area contributed by atoms with E-state index in [-0.39, 0.29) is 6.42 Å². The summed E-state index contributed by atoms with van der Waals surface area (Å²) < 4.78 is 39.3. The molecule has 6 nitrogen and oxygen atoms in total. The van der Waals surface area contributed by atoms with E-state index in [0.717, 1.165) is 12.8 Å². The first-order chi connectivity index (χ1) is 14.8. The maximum atomic E-state index is 11.8. The standard InChI is InChI=1S/C24H40O6S/c1-3-4-5-6-7-8-9-10-11-12-13-14-15-22-16-18-23(19-17-22)29-24(25)20-21(2)30-31(26,27)28/h16-19,21H,3-15,20H2,1-2H3,(H,26,27,28). The van der Waals surface area contributed by atoms with E-state index in [0.29, 0.717) is 5.75 Å². The molecule has 0 aliphatic carbocycles. The van der Waals surface area contributed by atoms with Crippen molar-refractivity contribution in [3.63, 3.8) is 0 Å². The summed E-state index contributed by atoms with van der Waals surface area (Å²) in [5.74, 6) is -0.215. The van der Waals surface area contributed by atoms with E-state index in [1.807, 2.05) is 12.1 Å². The van der Waals surface area contributed by atoms with Gasteiger partial charge in [0.2, 0.25) is 0 Å². The van der Waals surface area contributed by atoms with E-state index in [4.69, 9.17) is 9.29 Å². The largest absolute Gasteiger partial charge is 0.426 e. The Bertz CT molecular complexity index is 699. The molecule has 0 aromatic heterocycles. The molecule has 0 radical (unpaired) electrons.